The third-order valence-corrected chi connectivity index (χ3v) is 3.97. The van der Waals surface area contributed by atoms with E-state index in [2.05, 4.69) is 44.3 Å². The maximum absolute atomic E-state index is 4.40. The van der Waals surface area contributed by atoms with E-state index in [0.717, 1.165) is 18.0 Å². The minimum atomic E-state index is 0.529. The fraction of sp³-hybridized carbons (Fsp3) is 0.769. The van der Waals surface area contributed by atoms with E-state index in [1.807, 2.05) is 11.7 Å². The largest absolute Gasteiger partial charge is 0.316 e. The quantitative estimate of drug-likeness (QED) is 0.841. The molecule has 0 aliphatic heterocycles. The Kier molecular flexibility index (Phi) is 2.82. The zero-order valence-corrected chi connectivity index (χ0v) is 11.0. The summed E-state index contributed by atoms with van der Waals surface area (Å²) in [6.07, 6.45) is 2.43. The summed E-state index contributed by atoms with van der Waals surface area (Å²) in [5.74, 6) is 0.813. The Morgan fingerprint density at radius 3 is 2.62 bits per heavy atom. The van der Waals surface area contributed by atoms with Gasteiger partial charge in [-0.25, -0.2) is 0 Å². The van der Waals surface area contributed by atoms with Gasteiger partial charge in [-0.15, -0.1) is 0 Å². The summed E-state index contributed by atoms with van der Waals surface area (Å²) >= 11 is 0. The lowest BCUT2D eigenvalue weighted by Crippen LogP contribution is -2.32. The topological polar surface area (TPSA) is 29.9 Å². The lowest BCUT2D eigenvalue weighted by Gasteiger charge is -2.17. The average molecular weight is 221 g/mol. The van der Waals surface area contributed by atoms with Crippen LogP contribution in [0.3, 0.4) is 0 Å². The number of hydrogen-bond acceptors (Lipinski definition) is 2. The van der Waals surface area contributed by atoms with Crippen LogP contribution in [0.25, 0.3) is 0 Å². The van der Waals surface area contributed by atoms with Crippen LogP contribution in [0.2, 0.25) is 0 Å². The minimum Gasteiger partial charge on any atom is -0.316 e. The Morgan fingerprint density at radius 2 is 2.25 bits per heavy atom. The molecule has 1 N–H and O–H groups in total. The number of nitrogens with one attached hydrogen (secondary N) is 1. The van der Waals surface area contributed by atoms with Gasteiger partial charge < -0.3 is 5.32 Å². The minimum absolute atomic E-state index is 0.529. The molecule has 2 rings (SSSR count). The summed E-state index contributed by atoms with van der Waals surface area (Å²) in [5, 5.41) is 7.87. The summed E-state index contributed by atoms with van der Waals surface area (Å²) in [7, 11) is 4.11. The molecule has 1 fully saturated rings. The number of rotatable bonds is 4. The molecule has 1 aromatic heterocycles. The molecular formula is C13H23N3. The van der Waals surface area contributed by atoms with Crippen molar-refractivity contribution < 1.29 is 0 Å². The number of nitrogens with zero attached hydrogens (tertiary/aromatic N) is 2. The van der Waals surface area contributed by atoms with Crippen LogP contribution in [-0.4, -0.2) is 22.9 Å². The van der Waals surface area contributed by atoms with Crippen molar-refractivity contribution in [3.8, 4) is 0 Å². The molecule has 0 radical (unpaired) electrons. The molecule has 0 amide bonds. The zero-order chi connectivity index (χ0) is 11.9. The Bertz CT molecular complexity index is 379. The van der Waals surface area contributed by atoms with Crippen LogP contribution in [-0.2, 0) is 13.5 Å². The van der Waals surface area contributed by atoms with Gasteiger partial charge in [0.1, 0.15) is 0 Å². The third-order valence-electron chi connectivity index (χ3n) is 3.97. The highest BCUT2D eigenvalue weighted by Gasteiger charge is 2.49. The number of likely N-dealkylation sites (N-methyl/N-ethyl adjacent to an activating group) is 1. The average Bonchev–Trinajstić information content (AvgIpc) is 2.68. The van der Waals surface area contributed by atoms with Crippen molar-refractivity contribution in [3.63, 3.8) is 0 Å². The summed E-state index contributed by atoms with van der Waals surface area (Å²) in [6.45, 7) is 6.77. The number of aryl methyl sites for hydroxylation is 2. The summed E-state index contributed by atoms with van der Waals surface area (Å²) in [6, 6.07) is 2.78. The second-order valence-corrected chi connectivity index (χ2v) is 5.80. The summed E-state index contributed by atoms with van der Waals surface area (Å²) in [4.78, 5) is 0. The molecule has 90 valence electrons. The second kappa shape index (κ2) is 3.88. The lowest BCUT2D eigenvalue weighted by molar-refractivity contribution is 0.418. The van der Waals surface area contributed by atoms with Crippen molar-refractivity contribution in [1.82, 2.24) is 15.1 Å². The lowest BCUT2D eigenvalue weighted by atomic mass is 10.00. The van der Waals surface area contributed by atoms with Crippen molar-refractivity contribution in [2.75, 3.05) is 7.05 Å². The fourth-order valence-corrected chi connectivity index (χ4v) is 2.72. The van der Waals surface area contributed by atoms with Crippen LogP contribution in [0, 0.1) is 18.3 Å². The first-order valence-corrected chi connectivity index (χ1v) is 6.11. The molecule has 0 spiro atoms. The van der Waals surface area contributed by atoms with E-state index in [9.17, 15) is 0 Å². The zero-order valence-electron chi connectivity index (χ0n) is 11.0. The SMILES string of the molecule is CNC(Cc1cc(C)nn1C)C1CC1(C)C. The molecule has 16 heavy (non-hydrogen) atoms. The molecule has 0 saturated heterocycles. The Morgan fingerprint density at radius 1 is 1.62 bits per heavy atom. The van der Waals surface area contributed by atoms with Gasteiger partial charge in [0.15, 0.2) is 0 Å². The van der Waals surface area contributed by atoms with E-state index < -0.39 is 0 Å². The molecule has 1 aromatic rings. The van der Waals surface area contributed by atoms with Gasteiger partial charge >= 0.3 is 0 Å². The van der Waals surface area contributed by atoms with Crippen molar-refractivity contribution in [2.24, 2.45) is 18.4 Å². The van der Waals surface area contributed by atoms with E-state index in [0.29, 0.717) is 11.5 Å². The van der Waals surface area contributed by atoms with E-state index in [4.69, 9.17) is 0 Å². The fourth-order valence-electron chi connectivity index (χ4n) is 2.72. The predicted octanol–water partition coefficient (Wildman–Crippen LogP) is 1.91. The van der Waals surface area contributed by atoms with Gasteiger partial charge in [-0.05, 0) is 37.8 Å². The van der Waals surface area contributed by atoms with E-state index in [1.165, 1.54) is 12.1 Å². The van der Waals surface area contributed by atoms with Gasteiger partial charge in [-0.2, -0.15) is 5.10 Å². The molecule has 3 heteroatoms. The standard InChI is InChI=1S/C13H23N3/c1-9-6-10(16(5)15-9)7-12(14-4)11-8-13(11,2)3/h6,11-12,14H,7-8H2,1-5H3. The maximum atomic E-state index is 4.40. The van der Waals surface area contributed by atoms with E-state index in [-0.39, 0.29) is 0 Å². The first-order valence-electron chi connectivity index (χ1n) is 6.11. The smallest absolute Gasteiger partial charge is 0.0596 e. The highest BCUT2D eigenvalue weighted by Crippen LogP contribution is 2.53. The second-order valence-electron chi connectivity index (χ2n) is 5.80. The van der Waals surface area contributed by atoms with Gasteiger partial charge in [-0.3, -0.25) is 4.68 Å². The maximum Gasteiger partial charge on any atom is 0.0596 e. The van der Waals surface area contributed by atoms with Crippen LogP contribution < -0.4 is 5.32 Å². The van der Waals surface area contributed by atoms with Crippen LogP contribution in [0.1, 0.15) is 31.7 Å². The first-order chi connectivity index (χ1) is 7.44. The van der Waals surface area contributed by atoms with Gasteiger partial charge in [-0.1, -0.05) is 13.8 Å². The van der Waals surface area contributed by atoms with Crippen LogP contribution in [0.5, 0.6) is 0 Å². The Hall–Kier alpha value is -0.830. The normalized spacial score (nSPS) is 24.4. The Balaban J connectivity index is 2.05. The van der Waals surface area contributed by atoms with Crippen LogP contribution >= 0.6 is 0 Å². The Labute approximate surface area is 98.2 Å². The molecule has 3 nitrogen and oxygen atoms in total. The monoisotopic (exact) mass is 221 g/mol. The van der Waals surface area contributed by atoms with Crippen molar-refractivity contribution in [1.29, 1.82) is 0 Å². The van der Waals surface area contributed by atoms with E-state index in [1.54, 1.807) is 0 Å². The molecule has 1 aliphatic rings. The molecule has 1 aliphatic carbocycles. The van der Waals surface area contributed by atoms with Crippen LogP contribution in [0.4, 0.5) is 0 Å². The van der Waals surface area contributed by atoms with Crippen molar-refractivity contribution in [3.05, 3.63) is 17.5 Å². The molecule has 2 atom stereocenters. The highest BCUT2D eigenvalue weighted by molar-refractivity contribution is 5.13. The molecule has 2 unspecified atom stereocenters. The molecule has 1 saturated carbocycles. The summed E-state index contributed by atoms with van der Waals surface area (Å²) < 4.78 is 2.01. The number of hydrogen-bond donors (Lipinski definition) is 1. The van der Waals surface area contributed by atoms with Crippen LogP contribution in [0.15, 0.2) is 6.07 Å². The summed E-state index contributed by atoms with van der Waals surface area (Å²) in [5.41, 5.74) is 2.98. The highest BCUT2D eigenvalue weighted by atomic mass is 15.3. The molecule has 0 aromatic carbocycles. The number of aromatic nitrogens is 2. The predicted molar refractivity (Wildman–Crippen MR) is 66.4 cm³/mol. The molecule has 0 bridgehead atoms. The van der Waals surface area contributed by atoms with Gasteiger partial charge in [0.05, 0.1) is 5.69 Å². The molecular weight excluding hydrogens is 198 g/mol. The first kappa shape index (κ1) is 11.6. The van der Waals surface area contributed by atoms with Crippen molar-refractivity contribution >= 4 is 0 Å². The van der Waals surface area contributed by atoms with Gasteiger partial charge in [0.25, 0.3) is 0 Å². The van der Waals surface area contributed by atoms with Gasteiger partial charge in [0, 0.05) is 25.2 Å². The third kappa shape index (κ3) is 2.14. The van der Waals surface area contributed by atoms with E-state index >= 15 is 0 Å². The van der Waals surface area contributed by atoms with Gasteiger partial charge in [0.2, 0.25) is 0 Å². The molecule has 1 heterocycles. The van der Waals surface area contributed by atoms with Crippen molar-refractivity contribution in [2.45, 2.75) is 39.7 Å².